The first-order valence-corrected chi connectivity index (χ1v) is 6.99. The van der Waals surface area contributed by atoms with Crippen LogP contribution in [0.15, 0.2) is 12.2 Å². The normalized spacial score (nSPS) is 14.6. The lowest BCUT2D eigenvalue weighted by Crippen LogP contribution is -2.20. The van der Waals surface area contributed by atoms with Crippen molar-refractivity contribution in [3.8, 4) is 0 Å². The smallest absolute Gasteiger partial charge is 0.165 e. The van der Waals surface area contributed by atoms with E-state index in [0.29, 0.717) is 12.7 Å². The number of aldehydes is 1. The molecule has 0 aliphatic carbocycles. The summed E-state index contributed by atoms with van der Waals surface area (Å²) >= 11 is 0. The summed E-state index contributed by atoms with van der Waals surface area (Å²) in [6, 6.07) is 0. The summed E-state index contributed by atoms with van der Waals surface area (Å²) in [6.45, 7) is 3.99. The molecule has 0 aromatic rings. The van der Waals surface area contributed by atoms with E-state index in [1.165, 1.54) is 25.3 Å². The number of ketones is 1. The van der Waals surface area contributed by atoms with E-state index in [9.17, 15) is 14.7 Å². The van der Waals surface area contributed by atoms with E-state index in [2.05, 4.69) is 6.92 Å². The van der Waals surface area contributed by atoms with Crippen molar-refractivity contribution in [3.05, 3.63) is 12.2 Å². The topological polar surface area (TPSA) is 54.4 Å². The molecule has 0 radical (unpaired) electrons. The average molecular weight is 254 g/mol. The van der Waals surface area contributed by atoms with Gasteiger partial charge in [-0.05, 0) is 31.8 Å². The fraction of sp³-hybridized carbons (Fsp3) is 0.733. The number of unbranched alkanes of at least 4 members (excludes halogenated alkanes) is 4. The van der Waals surface area contributed by atoms with Gasteiger partial charge in [0.2, 0.25) is 0 Å². The van der Waals surface area contributed by atoms with E-state index in [4.69, 9.17) is 0 Å². The highest BCUT2D eigenvalue weighted by Crippen LogP contribution is 2.10. The van der Waals surface area contributed by atoms with Crippen molar-refractivity contribution in [2.75, 3.05) is 0 Å². The molecular weight excluding hydrogens is 228 g/mol. The van der Waals surface area contributed by atoms with E-state index in [1.807, 2.05) is 13.0 Å². The molecule has 0 saturated heterocycles. The third kappa shape index (κ3) is 8.18. The zero-order chi connectivity index (χ0) is 13.8. The first kappa shape index (κ1) is 17.0. The summed E-state index contributed by atoms with van der Waals surface area (Å²) in [5.74, 6) is -0.875. The molecule has 0 spiro atoms. The van der Waals surface area contributed by atoms with Crippen molar-refractivity contribution in [2.24, 2.45) is 5.92 Å². The lowest BCUT2D eigenvalue weighted by Gasteiger charge is -2.10. The van der Waals surface area contributed by atoms with Crippen LogP contribution in [0.2, 0.25) is 0 Å². The number of aliphatic hydroxyl groups is 1. The average Bonchev–Trinajstić information content (AvgIpc) is 2.39. The van der Waals surface area contributed by atoms with Gasteiger partial charge in [0.1, 0.15) is 6.29 Å². The van der Waals surface area contributed by atoms with Crippen LogP contribution in [-0.4, -0.2) is 23.3 Å². The summed E-state index contributed by atoms with van der Waals surface area (Å²) in [6.07, 6.45) is 9.78. The van der Waals surface area contributed by atoms with E-state index in [0.717, 1.165) is 12.8 Å². The van der Waals surface area contributed by atoms with Crippen LogP contribution >= 0.6 is 0 Å². The van der Waals surface area contributed by atoms with E-state index >= 15 is 0 Å². The molecule has 0 heterocycles. The molecule has 0 saturated carbocycles. The van der Waals surface area contributed by atoms with Crippen LogP contribution in [0.4, 0.5) is 0 Å². The molecule has 0 aliphatic heterocycles. The second-order valence-corrected chi connectivity index (χ2v) is 4.69. The molecule has 18 heavy (non-hydrogen) atoms. The first-order chi connectivity index (χ1) is 8.65. The Balaban J connectivity index is 3.95. The molecule has 104 valence electrons. The van der Waals surface area contributed by atoms with Gasteiger partial charge in [0, 0.05) is 0 Å². The second-order valence-electron chi connectivity index (χ2n) is 4.69. The minimum atomic E-state index is -0.688. The van der Waals surface area contributed by atoms with Gasteiger partial charge in [-0.1, -0.05) is 39.2 Å². The Labute approximate surface area is 110 Å². The SMILES string of the molecule is CCCCCCC=CC(=O)C(C=O)CC(O)CC. The zero-order valence-corrected chi connectivity index (χ0v) is 11.6. The number of allylic oxidation sites excluding steroid dienone is 2. The van der Waals surface area contributed by atoms with Crippen molar-refractivity contribution in [1.29, 1.82) is 0 Å². The summed E-state index contributed by atoms with van der Waals surface area (Å²) in [5, 5.41) is 9.44. The van der Waals surface area contributed by atoms with Gasteiger partial charge >= 0.3 is 0 Å². The number of aliphatic hydroxyl groups excluding tert-OH is 1. The fourth-order valence-corrected chi connectivity index (χ4v) is 1.71. The molecule has 0 aliphatic rings. The van der Waals surface area contributed by atoms with E-state index in [-0.39, 0.29) is 12.2 Å². The first-order valence-electron chi connectivity index (χ1n) is 6.99. The monoisotopic (exact) mass is 254 g/mol. The van der Waals surface area contributed by atoms with Gasteiger partial charge in [-0.3, -0.25) is 4.79 Å². The Morgan fingerprint density at radius 2 is 1.94 bits per heavy atom. The van der Waals surface area contributed by atoms with Crippen molar-refractivity contribution in [1.82, 2.24) is 0 Å². The highest BCUT2D eigenvalue weighted by molar-refractivity contribution is 6.00. The van der Waals surface area contributed by atoms with Crippen LogP contribution in [0.1, 0.15) is 58.8 Å². The van der Waals surface area contributed by atoms with Crippen LogP contribution in [0.25, 0.3) is 0 Å². The molecule has 1 N–H and O–H groups in total. The summed E-state index contributed by atoms with van der Waals surface area (Å²) in [4.78, 5) is 22.5. The summed E-state index contributed by atoms with van der Waals surface area (Å²) in [5.41, 5.74) is 0. The summed E-state index contributed by atoms with van der Waals surface area (Å²) < 4.78 is 0. The predicted octanol–water partition coefficient (Wildman–Crippen LogP) is 3.06. The van der Waals surface area contributed by atoms with Gasteiger partial charge in [0.15, 0.2) is 5.78 Å². The highest BCUT2D eigenvalue weighted by atomic mass is 16.3. The highest BCUT2D eigenvalue weighted by Gasteiger charge is 2.18. The van der Waals surface area contributed by atoms with Crippen LogP contribution in [0, 0.1) is 5.92 Å². The molecule has 0 aromatic carbocycles. The Morgan fingerprint density at radius 3 is 2.50 bits per heavy atom. The molecular formula is C15H26O3. The standard InChI is InChI=1S/C15H26O3/c1-3-5-6-7-8-9-10-15(18)13(12-16)11-14(17)4-2/h9-10,12-14,17H,3-8,11H2,1-2H3. The van der Waals surface area contributed by atoms with Crippen LogP contribution in [0.3, 0.4) is 0 Å². The Morgan fingerprint density at radius 1 is 1.22 bits per heavy atom. The number of carbonyl (C=O) groups is 2. The molecule has 2 unspecified atom stereocenters. The fourth-order valence-electron chi connectivity index (χ4n) is 1.71. The minimum absolute atomic E-state index is 0.187. The maximum absolute atomic E-state index is 11.7. The lowest BCUT2D eigenvalue weighted by atomic mass is 9.96. The number of hydrogen-bond acceptors (Lipinski definition) is 3. The van der Waals surface area contributed by atoms with Gasteiger partial charge in [0.05, 0.1) is 12.0 Å². The molecule has 0 rings (SSSR count). The van der Waals surface area contributed by atoms with Crippen molar-refractivity contribution in [3.63, 3.8) is 0 Å². The largest absolute Gasteiger partial charge is 0.393 e. The number of hydrogen-bond donors (Lipinski definition) is 1. The third-order valence-corrected chi connectivity index (χ3v) is 3.03. The van der Waals surface area contributed by atoms with Gasteiger partial charge in [0.25, 0.3) is 0 Å². The molecule has 0 aromatic heterocycles. The number of rotatable bonds is 11. The number of carbonyl (C=O) groups excluding carboxylic acids is 2. The lowest BCUT2D eigenvalue weighted by molar-refractivity contribution is -0.125. The van der Waals surface area contributed by atoms with Crippen LogP contribution in [-0.2, 0) is 9.59 Å². The maximum Gasteiger partial charge on any atom is 0.165 e. The van der Waals surface area contributed by atoms with Crippen molar-refractivity contribution in [2.45, 2.75) is 64.9 Å². The Kier molecular flexibility index (Phi) is 10.6. The van der Waals surface area contributed by atoms with E-state index in [1.54, 1.807) is 0 Å². The van der Waals surface area contributed by atoms with Gasteiger partial charge in [-0.15, -0.1) is 0 Å². The molecule has 2 atom stereocenters. The summed E-state index contributed by atoms with van der Waals surface area (Å²) in [7, 11) is 0. The second kappa shape index (κ2) is 11.1. The van der Waals surface area contributed by atoms with Crippen LogP contribution < -0.4 is 0 Å². The molecule has 0 amide bonds. The molecule has 0 bridgehead atoms. The Hall–Kier alpha value is -0.960. The van der Waals surface area contributed by atoms with Gasteiger partial charge < -0.3 is 9.90 Å². The minimum Gasteiger partial charge on any atom is -0.393 e. The van der Waals surface area contributed by atoms with Crippen LogP contribution in [0.5, 0.6) is 0 Å². The molecule has 0 fully saturated rings. The predicted molar refractivity (Wildman–Crippen MR) is 73.4 cm³/mol. The van der Waals surface area contributed by atoms with Crippen molar-refractivity contribution < 1.29 is 14.7 Å². The Bertz CT molecular complexity index is 258. The van der Waals surface area contributed by atoms with Crippen molar-refractivity contribution >= 4 is 12.1 Å². The quantitative estimate of drug-likeness (QED) is 0.267. The van der Waals surface area contributed by atoms with Gasteiger partial charge in [-0.2, -0.15) is 0 Å². The zero-order valence-electron chi connectivity index (χ0n) is 11.6. The van der Waals surface area contributed by atoms with Gasteiger partial charge in [-0.25, -0.2) is 0 Å². The van der Waals surface area contributed by atoms with E-state index < -0.39 is 12.0 Å². The molecule has 3 nitrogen and oxygen atoms in total. The maximum atomic E-state index is 11.7. The third-order valence-electron chi connectivity index (χ3n) is 3.03. The molecule has 3 heteroatoms.